The summed E-state index contributed by atoms with van der Waals surface area (Å²) < 4.78 is 4.98. The van der Waals surface area contributed by atoms with E-state index in [-0.39, 0.29) is 24.2 Å². The number of aromatic nitrogens is 1. The fourth-order valence-corrected chi connectivity index (χ4v) is 2.51. The van der Waals surface area contributed by atoms with Crippen molar-refractivity contribution in [2.45, 2.75) is 18.8 Å². The first-order valence-corrected chi connectivity index (χ1v) is 7.01. The van der Waals surface area contributed by atoms with Gasteiger partial charge in [-0.15, -0.1) is 0 Å². The Morgan fingerprint density at radius 2 is 2.14 bits per heavy atom. The van der Waals surface area contributed by atoms with Crippen LogP contribution in [0.2, 0.25) is 0 Å². The van der Waals surface area contributed by atoms with Gasteiger partial charge in [-0.05, 0) is 30.4 Å². The summed E-state index contributed by atoms with van der Waals surface area (Å²) in [5.74, 6) is -1.13. The van der Waals surface area contributed by atoms with Crippen molar-refractivity contribution in [1.29, 1.82) is 0 Å². The highest BCUT2D eigenvalue weighted by atomic mass is 16.6. The van der Waals surface area contributed by atoms with E-state index in [9.17, 15) is 14.4 Å². The van der Waals surface area contributed by atoms with Gasteiger partial charge < -0.3 is 19.7 Å². The van der Waals surface area contributed by atoms with Crippen molar-refractivity contribution in [3.05, 3.63) is 46.4 Å². The second kappa shape index (κ2) is 6.93. The van der Waals surface area contributed by atoms with Crippen LogP contribution in [0.3, 0.4) is 0 Å². The lowest BCUT2D eigenvalue weighted by Crippen LogP contribution is -2.38. The van der Waals surface area contributed by atoms with Crippen LogP contribution in [0.4, 0.5) is 4.79 Å². The normalized spacial score (nSPS) is 15.4. The highest BCUT2D eigenvalue weighted by Gasteiger charge is 2.25. The van der Waals surface area contributed by atoms with Crippen LogP contribution in [-0.2, 0) is 4.74 Å². The van der Waals surface area contributed by atoms with Gasteiger partial charge in [0.15, 0.2) is 0 Å². The Kier molecular flexibility index (Phi) is 4.98. The number of nitrogens with zero attached hydrogens (tertiary/aromatic N) is 1. The molecule has 7 nitrogen and oxygen atoms in total. The van der Waals surface area contributed by atoms with Gasteiger partial charge >= 0.3 is 12.1 Å². The largest absolute Gasteiger partial charge is 0.477 e. The number of piperidine rings is 1. The van der Waals surface area contributed by atoms with Gasteiger partial charge in [-0.3, -0.25) is 4.79 Å². The fraction of sp³-hybridized carbons (Fsp3) is 0.400. The number of H-pyrrole nitrogens is 1. The maximum atomic E-state index is 11.7. The van der Waals surface area contributed by atoms with Crippen LogP contribution >= 0.6 is 0 Å². The molecule has 1 aromatic heterocycles. The molecule has 0 atom stereocenters. The summed E-state index contributed by atoms with van der Waals surface area (Å²) in [7, 11) is 0. The summed E-state index contributed by atoms with van der Waals surface area (Å²) in [6, 6.07) is 1.41. The Bertz CT molecular complexity index is 629. The molecule has 2 heterocycles. The topological polar surface area (TPSA) is 99.7 Å². The third-order valence-electron chi connectivity index (χ3n) is 3.71. The molecule has 1 saturated heterocycles. The van der Waals surface area contributed by atoms with Gasteiger partial charge in [0.25, 0.3) is 5.56 Å². The van der Waals surface area contributed by atoms with E-state index in [4.69, 9.17) is 9.84 Å². The zero-order valence-electron chi connectivity index (χ0n) is 12.1. The second-order valence-electron chi connectivity index (χ2n) is 5.11. The predicted octanol–water partition coefficient (Wildman–Crippen LogP) is 1.58. The number of aromatic amines is 1. The molecular formula is C15H18N2O5. The van der Waals surface area contributed by atoms with Gasteiger partial charge in [-0.2, -0.15) is 0 Å². The van der Waals surface area contributed by atoms with Crippen LogP contribution in [0.1, 0.15) is 34.7 Å². The molecule has 2 rings (SSSR count). The molecule has 0 saturated carbocycles. The number of hydrogen-bond acceptors (Lipinski definition) is 4. The van der Waals surface area contributed by atoms with Crippen molar-refractivity contribution in [3.63, 3.8) is 0 Å². The zero-order chi connectivity index (χ0) is 16.1. The molecule has 2 N–H and O–H groups in total. The van der Waals surface area contributed by atoms with Crippen molar-refractivity contribution in [1.82, 2.24) is 9.88 Å². The van der Waals surface area contributed by atoms with E-state index in [0.29, 0.717) is 25.9 Å². The van der Waals surface area contributed by atoms with E-state index < -0.39 is 11.5 Å². The van der Waals surface area contributed by atoms with Gasteiger partial charge in [0.1, 0.15) is 12.2 Å². The lowest BCUT2D eigenvalue weighted by atomic mass is 9.90. The summed E-state index contributed by atoms with van der Waals surface area (Å²) in [6.45, 7) is 4.73. The van der Waals surface area contributed by atoms with E-state index in [1.165, 1.54) is 12.1 Å². The molecule has 0 radical (unpaired) electrons. The van der Waals surface area contributed by atoms with Crippen LogP contribution in [0.15, 0.2) is 29.7 Å². The number of carbonyl (C=O) groups is 2. The minimum Gasteiger partial charge on any atom is -0.477 e. The summed E-state index contributed by atoms with van der Waals surface area (Å²) >= 11 is 0. The van der Waals surface area contributed by atoms with Crippen molar-refractivity contribution in [2.24, 2.45) is 0 Å². The quantitative estimate of drug-likeness (QED) is 0.823. The van der Waals surface area contributed by atoms with Crippen molar-refractivity contribution in [3.8, 4) is 0 Å². The summed E-state index contributed by atoms with van der Waals surface area (Å²) in [5, 5.41) is 8.99. The smallest absolute Gasteiger partial charge is 0.410 e. The molecule has 0 aliphatic carbocycles. The minimum absolute atomic E-state index is 0.110. The van der Waals surface area contributed by atoms with Crippen LogP contribution in [-0.4, -0.2) is 46.7 Å². The molecule has 0 aromatic carbocycles. The number of pyridine rings is 1. The lowest BCUT2D eigenvalue weighted by molar-refractivity contribution is 0.0694. The molecule has 22 heavy (non-hydrogen) atoms. The molecule has 0 bridgehead atoms. The Hall–Kier alpha value is -2.57. The number of aromatic carboxylic acids is 1. The Morgan fingerprint density at radius 1 is 1.45 bits per heavy atom. The second-order valence-corrected chi connectivity index (χ2v) is 5.11. The maximum Gasteiger partial charge on any atom is 0.410 e. The SMILES string of the molecule is C=CCOC(=O)N1CCC(c2c[nH]c(=O)c(C(=O)O)c2)CC1. The number of likely N-dealkylation sites (tertiary alicyclic amines) is 1. The Morgan fingerprint density at radius 3 is 2.73 bits per heavy atom. The number of nitrogens with one attached hydrogen (secondary N) is 1. The number of carboxylic acid groups (broad SMARTS) is 1. The monoisotopic (exact) mass is 306 g/mol. The van der Waals surface area contributed by atoms with Crippen molar-refractivity contribution >= 4 is 12.1 Å². The predicted molar refractivity (Wildman–Crippen MR) is 79.1 cm³/mol. The molecule has 1 aliphatic rings. The first-order chi connectivity index (χ1) is 10.5. The molecule has 1 aliphatic heterocycles. The fourth-order valence-electron chi connectivity index (χ4n) is 2.51. The first kappa shape index (κ1) is 15.8. The van der Waals surface area contributed by atoms with Crippen LogP contribution in [0.5, 0.6) is 0 Å². The molecule has 1 amide bonds. The first-order valence-electron chi connectivity index (χ1n) is 7.01. The number of hydrogen-bond donors (Lipinski definition) is 2. The van der Waals surface area contributed by atoms with Crippen molar-refractivity contribution < 1.29 is 19.4 Å². The molecule has 1 fully saturated rings. The molecule has 0 unspecified atom stereocenters. The Labute approximate surface area is 127 Å². The van der Waals surface area contributed by atoms with Gasteiger partial charge in [0.05, 0.1) is 0 Å². The van der Waals surface area contributed by atoms with E-state index in [1.807, 2.05) is 0 Å². The van der Waals surface area contributed by atoms with Gasteiger partial charge in [-0.25, -0.2) is 9.59 Å². The van der Waals surface area contributed by atoms with Crippen LogP contribution in [0.25, 0.3) is 0 Å². The van der Waals surface area contributed by atoms with E-state index >= 15 is 0 Å². The maximum absolute atomic E-state index is 11.7. The average molecular weight is 306 g/mol. The zero-order valence-corrected chi connectivity index (χ0v) is 12.1. The highest BCUT2D eigenvalue weighted by Crippen LogP contribution is 2.27. The molecular weight excluding hydrogens is 288 g/mol. The number of amides is 1. The number of ether oxygens (including phenoxy) is 1. The number of carboxylic acids is 1. The van der Waals surface area contributed by atoms with Gasteiger partial charge in [0.2, 0.25) is 0 Å². The van der Waals surface area contributed by atoms with Gasteiger partial charge in [-0.1, -0.05) is 12.7 Å². The minimum atomic E-state index is -1.24. The summed E-state index contributed by atoms with van der Waals surface area (Å²) in [4.78, 5) is 38.2. The van der Waals surface area contributed by atoms with E-state index in [1.54, 1.807) is 11.1 Å². The van der Waals surface area contributed by atoms with Crippen LogP contribution in [0, 0.1) is 0 Å². The lowest BCUT2D eigenvalue weighted by Gasteiger charge is -2.31. The molecule has 1 aromatic rings. The highest BCUT2D eigenvalue weighted by molar-refractivity contribution is 5.87. The van der Waals surface area contributed by atoms with E-state index in [0.717, 1.165) is 5.56 Å². The third kappa shape index (κ3) is 3.55. The standard InChI is InChI=1S/C15H18N2O5/c1-2-7-22-15(21)17-5-3-10(4-6-17)11-8-12(14(19)20)13(18)16-9-11/h2,8-10H,1,3-7H2,(H,16,18)(H,19,20). The van der Waals surface area contributed by atoms with Crippen molar-refractivity contribution in [2.75, 3.05) is 19.7 Å². The average Bonchev–Trinajstić information content (AvgIpc) is 2.53. The molecule has 118 valence electrons. The third-order valence-corrected chi connectivity index (χ3v) is 3.71. The molecule has 7 heteroatoms. The van der Waals surface area contributed by atoms with Gasteiger partial charge in [0, 0.05) is 19.3 Å². The number of rotatable bonds is 4. The van der Waals surface area contributed by atoms with E-state index in [2.05, 4.69) is 11.6 Å². The molecule has 0 spiro atoms. The summed E-state index contributed by atoms with van der Waals surface area (Å²) in [5.41, 5.74) is -0.0943. The van der Waals surface area contributed by atoms with Crippen LogP contribution < -0.4 is 5.56 Å². The number of carbonyl (C=O) groups excluding carboxylic acids is 1. The Balaban J connectivity index is 2.01. The summed E-state index contributed by atoms with van der Waals surface area (Å²) in [6.07, 6.45) is 4.07.